The number of hydrogen-bond acceptors (Lipinski definition) is 63. The smallest absolute Gasteiger partial charge is 0.387 e. The predicted octanol–water partition coefficient (Wildman–Crippen LogP) is -5.01. The number of aliphatic hydroxyl groups is 1. The Bertz CT molecular complexity index is 3960. The lowest BCUT2D eigenvalue weighted by molar-refractivity contribution is -0.435. The molecule has 7 aliphatic rings. The number of aliphatic hydroxyl groups excluding tert-OH is 1. The molecule has 129 heavy (non-hydrogen) atoms. The van der Waals surface area contributed by atoms with E-state index in [-0.39, 0.29) is 50.2 Å². The molecule has 0 radical (unpaired) electrons. The van der Waals surface area contributed by atoms with Gasteiger partial charge in [0, 0.05) is 78.2 Å². The maximum absolute atomic E-state index is 13.3. The molecule has 762 valence electrons. The Kier molecular flexibility index (Phi) is 48.2. The summed E-state index contributed by atoms with van der Waals surface area (Å²) in [7, 11) is -22.6. The number of hydrogen-bond donors (Lipinski definition) is 11. The second-order valence-electron chi connectivity index (χ2n) is 26.6. The third-order valence-electron chi connectivity index (χ3n) is 19.1. The van der Waals surface area contributed by atoms with Crippen LogP contribution in [0.5, 0.6) is 0 Å². The molecule has 65 nitrogen and oxygen atoms in total. The molecule has 0 aliphatic carbocycles. The van der Waals surface area contributed by atoms with Crippen LogP contribution in [0.2, 0.25) is 0 Å². The largest absolute Gasteiger partial charge is 0.397 e. The van der Waals surface area contributed by atoms with Gasteiger partial charge in [0.2, 0.25) is 0 Å². The van der Waals surface area contributed by atoms with E-state index >= 15 is 0 Å². The highest BCUT2D eigenvalue weighted by molar-refractivity contribution is 7.90. The summed E-state index contributed by atoms with van der Waals surface area (Å²) in [6.45, 7) is -4.33. The fraction of sp³-hybridized carbons (Fsp3) is 1.00. The van der Waals surface area contributed by atoms with Crippen molar-refractivity contribution in [1.82, 2.24) is 0 Å². The molecule has 0 aromatic carbocycles. The van der Waals surface area contributed by atoms with Crippen molar-refractivity contribution in [3.63, 3.8) is 0 Å². The molecule has 75 heteroatoms. The van der Waals surface area contributed by atoms with Gasteiger partial charge in [-0.15, -0.1) is 17.3 Å². The van der Waals surface area contributed by atoms with Gasteiger partial charge in [-0.05, 0) is 6.92 Å². The minimum atomic E-state index is -6.33. The lowest BCUT2D eigenvalue weighted by Crippen LogP contribution is -2.69. The average Bonchev–Trinajstić information content (AvgIpc) is 0.754. The van der Waals surface area contributed by atoms with Crippen LogP contribution in [-0.2, 0) is 255 Å². The molecule has 7 rings (SSSR count). The molecular formula is C54H96O65S10. The standard InChI is InChI=1S/C54H96O65S10/c1-20-29(81-5)38(82-6)31(21(93-20)13-78-2)101-50-44(86-10)39(83-7)32(22(94-50)14-79-3)102-51-45(87-11)40(84-8)33(23(95-51)15-80-4)103-52-46(88-12)41(85-9)34(27(99-52)19-92-124(60,61)62)104-54-47(110-128(72,73)74)42(108-126(66,67)68)35(25(97-54)17-90-121-117-113-57)105-49-37(107-125(63,64)65)28(55)30(24(96-49)16-89-120-116-112-56)100-53-48(111-129(75,76)77)43(109-127(69,70)71)36(106-123-119-115-59)26(98-53)18-91-122-118-114-58/h20-59H,13-19H2,1-12H3,(H,60,61,62)(H,63,64,65)(H,66,67,68)(H,69,70,71)(H,72,73,74)(H,75,76,77)/t20-,21?,22?,23?,24?,25?,26?,27?,28-,29?,30+,31+,32+,33+,34+,35+,36+,37?,38+,39-,40?,41?,42-,43-,44?,45?,46?,47?,48?,49-,50-,51-,52+,53-,54-/m0/s1. The van der Waals surface area contributed by atoms with Crippen molar-refractivity contribution in [2.75, 3.05) is 124 Å². The highest BCUT2D eigenvalue weighted by Gasteiger charge is 2.64. The first-order valence-corrected chi connectivity index (χ1v) is 46.6. The first kappa shape index (κ1) is 115. The van der Waals surface area contributed by atoms with Gasteiger partial charge in [-0.3, -0.25) is 44.0 Å². The normalized spacial score (nSPS) is 37.8. The van der Waals surface area contributed by atoms with E-state index in [9.17, 15) is 82.9 Å². The highest BCUT2D eigenvalue weighted by atomic mass is 32.3. The summed E-state index contributed by atoms with van der Waals surface area (Å²) in [5.74, 6) is 0. The molecule has 35 atom stereocenters. The van der Waals surface area contributed by atoms with Crippen molar-refractivity contribution in [3.05, 3.63) is 0 Å². The van der Waals surface area contributed by atoms with Crippen LogP contribution in [0, 0.1) is 0 Å². The second-order valence-corrected chi connectivity index (χ2v) is 34.9. The minimum absolute atomic E-state index is 0.0337. The summed E-state index contributed by atoms with van der Waals surface area (Å²) in [4.78, 5) is 0. The van der Waals surface area contributed by atoms with Gasteiger partial charge in [-0.25, -0.2) is 46.1 Å². The Morgan fingerprint density at radius 1 is 0.256 bits per heavy atom. The van der Waals surface area contributed by atoms with E-state index in [4.69, 9.17) is 168 Å². The molecule has 0 bridgehead atoms. The maximum Gasteiger partial charge on any atom is 0.397 e. The van der Waals surface area contributed by atoms with Crippen LogP contribution < -0.4 is 0 Å². The molecule has 7 saturated heterocycles. The topological polar surface area (TPSA) is 815 Å². The lowest BCUT2D eigenvalue weighted by Gasteiger charge is -2.52. The van der Waals surface area contributed by atoms with Gasteiger partial charge in [-0.2, -0.15) is 50.5 Å². The SMILES string of the molecule is COCC1O[C@@H](O[C@@H]2C(COC)O[C@@H](O[C@@H]3C(COC)O[C@@H](C)C(OC)[C@H]3OC)C(OC)[C@H]2OC)C(OC)C(OC)[C@@H]1O[C@H]1OC(COS(=O)(=O)O)[C@@H](O[C@@H]2OC(COSOOO)[C@@H](O[C@@H]3OC(COSOOO)[C@@H](O[C@@H]4OC(COSOOO)[C@@H](OSOOO)[C@H](OS(=O)(=O)O)C4OS(=O)(=O)O)[C@H](O)C3OS(=O)(=O)O)[C@H](OS(=O)(=O)O)C2OS(=O)(=O)O)C(OC)C1OC. The fourth-order valence-electron chi connectivity index (χ4n) is 14.5. The Balaban J connectivity index is 1.29. The third kappa shape index (κ3) is 33.9. The van der Waals surface area contributed by atoms with E-state index in [0.29, 0.717) is 0 Å². The monoisotopic (exact) mass is 2100 g/mol. The van der Waals surface area contributed by atoms with Gasteiger partial charge in [0.1, 0.15) is 153 Å². The van der Waals surface area contributed by atoms with Crippen molar-refractivity contribution < 1.29 is 297 Å². The summed E-state index contributed by atoms with van der Waals surface area (Å²) in [6, 6.07) is 0. The zero-order chi connectivity index (χ0) is 95.7. The summed E-state index contributed by atoms with van der Waals surface area (Å²) in [6.07, 6.45) is -70.6. The zero-order valence-electron chi connectivity index (χ0n) is 68.2. The van der Waals surface area contributed by atoms with E-state index < -0.39 is 323 Å². The van der Waals surface area contributed by atoms with E-state index in [1.165, 1.54) is 64.0 Å². The van der Waals surface area contributed by atoms with Crippen molar-refractivity contribution >= 4 is 112 Å². The molecular weight excluding hydrogens is 2010 g/mol. The summed E-state index contributed by atoms with van der Waals surface area (Å²) < 4.78 is 428. The molecule has 0 aromatic heterocycles. The van der Waals surface area contributed by atoms with Crippen LogP contribution in [0.3, 0.4) is 0 Å². The number of methoxy groups -OCH3 is 11. The van der Waals surface area contributed by atoms with E-state index in [1.54, 1.807) is 6.92 Å². The van der Waals surface area contributed by atoms with Gasteiger partial charge >= 0.3 is 62.4 Å². The molecule has 16 unspecified atom stereocenters. The molecule has 0 aromatic rings. The Morgan fingerprint density at radius 2 is 0.496 bits per heavy atom. The van der Waals surface area contributed by atoms with E-state index in [1.807, 2.05) is 0 Å². The molecule has 7 aliphatic heterocycles. The van der Waals surface area contributed by atoms with Crippen LogP contribution in [0.15, 0.2) is 0 Å². The van der Waals surface area contributed by atoms with Crippen LogP contribution in [0.4, 0.5) is 0 Å². The minimum Gasteiger partial charge on any atom is -0.387 e. The van der Waals surface area contributed by atoms with Gasteiger partial charge in [0.05, 0.1) is 52.4 Å². The number of ether oxygens (including phenoxy) is 24. The van der Waals surface area contributed by atoms with Crippen molar-refractivity contribution in [3.8, 4) is 0 Å². The van der Waals surface area contributed by atoms with Crippen molar-refractivity contribution in [2.24, 2.45) is 0 Å². The molecule has 7 fully saturated rings. The second kappa shape index (κ2) is 54.1. The van der Waals surface area contributed by atoms with Crippen LogP contribution in [0.25, 0.3) is 0 Å². The molecule has 0 saturated carbocycles. The van der Waals surface area contributed by atoms with Crippen molar-refractivity contribution in [2.45, 2.75) is 222 Å². The van der Waals surface area contributed by atoms with E-state index in [0.717, 1.165) is 14.2 Å². The Morgan fingerprint density at radius 3 is 0.806 bits per heavy atom. The third-order valence-corrected chi connectivity index (χ3v) is 23.4. The molecule has 0 amide bonds. The van der Waals surface area contributed by atoms with Gasteiger partial charge in [0.15, 0.2) is 105 Å². The van der Waals surface area contributed by atoms with Gasteiger partial charge in [-0.1, -0.05) is 20.2 Å². The van der Waals surface area contributed by atoms with Crippen LogP contribution in [0.1, 0.15) is 6.92 Å². The van der Waals surface area contributed by atoms with Crippen LogP contribution in [-0.4, -0.2) is 443 Å². The first-order valence-electron chi connectivity index (χ1n) is 35.8. The fourth-order valence-corrected chi connectivity index (χ4v) is 18.4. The predicted molar refractivity (Wildman–Crippen MR) is 395 cm³/mol. The van der Waals surface area contributed by atoms with Crippen LogP contribution >= 0.6 is 49.3 Å². The Hall–Kier alpha value is -1.02. The highest BCUT2D eigenvalue weighted by Crippen LogP contribution is 2.44. The Labute approximate surface area is 750 Å². The summed E-state index contributed by atoms with van der Waals surface area (Å²) in [5, 5.41) is 61.7. The van der Waals surface area contributed by atoms with E-state index in [2.05, 4.69) is 45.9 Å². The summed E-state index contributed by atoms with van der Waals surface area (Å²) in [5.41, 5.74) is 0. The average molecular weight is 2110 g/mol. The zero-order valence-corrected chi connectivity index (χ0v) is 76.4. The molecule has 11 N–H and O–H groups in total. The first-order chi connectivity index (χ1) is 60.9. The van der Waals surface area contributed by atoms with Gasteiger partial charge < -0.3 is 119 Å². The quantitative estimate of drug-likeness (QED) is 0.00893. The maximum atomic E-state index is 13.3. The number of rotatable bonds is 58. The lowest BCUT2D eigenvalue weighted by atomic mass is 9.94. The molecule has 7 heterocycles. The molecule has 0 spiro atoms. The van der Waals surface area contributed by atoms with Crippen molar-refractivity contribution in [1.29, 1.82) is 0 Å². The van der Waals surface area contributed by atoms with Gasteiger partial charge in [0.25, 0.3) is 0 Å². The summed E-state index contributed by atoms with van der Waals surface area (Å²) >= 11 is -1.50.